The Labute approximate surface area is 119 Å². The molecule has 1 N–H and O–H groups in total. The molecule has 102 valence electrons. The third-order valence-electron chi connectivity index (χ3n) is 2.37. The van der Waals surface area contributed by atoms with Gasteiger partial charge in [0.2, 0.25) is 10.0 Å². The van der Waals surface area contributed by atoms with Gasteiger partial charge in [-0.1, -0.05) is 44.0 Å². The highest BCUT2D eigenvalue weighted by Crippen LogP contribution is 2.25. The van der Waals surface area contributed by atoms with Gasteiger partial charge in [-0.25, -0.2) is 13.1 Å². The molecule has 0 bridgehead atoms. The Morgan fingerprint density at radius 3 is 2.28 bits per heavy atom. The zero-order valence-electron chi connectivity index (χ0n) is 10.6. The zero-order chi connectivity index (χ0) is 14.0. The average molecular weight is 310 g/mol. The Balaban J connectivity index is 2.77. The fraction of sp³-hybridized carbons (Fsp3) is 0.500. The van der Waals surface area contributed by atoms with E-state index in [1.54, 1.807) is 0 Å². The maximum absolute atomic E-state index is 12.0. The topological polar surface area (TPSA) is 46.2 Å². The van der Waals surface area contributed by atoms with Crippen LogP contribution in [0.2, 0.25) is 10.0 Å². The van der Waals surface area contributed by atoms with Crippen molar-refractivity contribution in [2.24, 2.45) is 5.41 Å². The zero-order valence-corrected chi connectivity index (χ0v) is 13.0. The number of sulfonamides is 1. The van der Waals surface area contributed by atoms with E-state index in [-0.39, 0.29) is 15.3 Å². The first-order chi connectivity index (χ1) is 8.12. The van der Waals surface area contributed by atoms with Gasteiger partial charge < -0.3 is 0 Å². The largest absolute Gasteiger partial charge is 0.240 e. The van der Waals surface area contributed by atoms with E-state index >= 15 is 0 Å². The van der Waals surface area contributed by atoms with Gasteiger partial charge in [0.1, 0.15) is 0 Å². The molecule has 0 saturated carbocycles. The van der Waals surface area contributed by atoms with Crippen molar-refractivity contribution in [3.8, 4) is 0 Å². The molecule has 0 spiro atoms. The molecule has 0 saturated heterocycles. The Kier molecular flexibility index (Phi) is 5.06. The second-order valence-corrected chi connectivity index (χ2v) is 7.87. The summed E-state index contributed by atoms with van der Waals surface area (Å²) in [6.45, 7) is 6.56. The summed E-state index contributed by atoms with van der Waals surface area (Å²) >= 11 is 11.6. The molecular formula is C12H17Cl2NO2S. The van der Waals surface area contributed by atoms with E-state index < -0.39 is 10.0 Å². The molecule has 1 aromatic rings. The summed E-state index contributed by atoms with van der Waals surface area (Å²) in [5.74, 6) is 0. The monoisotopic (exact) mass is 309 g/mol. The first-order valence-corrected chi connectivity index (χ1v) is 7.80. The van der Waals surface area contributed by atoms with Gasteiger partial charge in [-0.05, 0) is 30.0 Å². The van der Waals surface area contributed by atoms with Gasteiger partial charge in [0.25, 0.3) is 0 Å². The molecule has 0 fully saturated rings. The van der Waals surface area contributed by atoms with Crippen LogP contribution in [0.25, 0.3) is 0 Å². The van der Waals surface area contributed by atoms with Crippen molar-refractivity contribution in [3.63, 3.8) is 0 Å². The van der Waals surface area contributed by atoms with Crippen molar-refractivity contribution in [1.29, 1.82) is 0 Å². The van der Waals surface area contributed by atoms with E-state index in [2.05, 4.69) is 25.5 Å². The van der Waals surface area contributed by atoms with Crippen LogP contribution >= 0.6 is 23.2 Å². The maximum atomic E-state index is 12.0. The van der Waals surface area contributed by atoms with Crippen LogP contribution in [-0.2, 0) is 10.0 Å². The van der Waals surface area contributed by atoms with Crippen molar-refractivity contribution in [2.45, 2.75) is 32.1 Å². The fourth-order valence-electron chi connectivity index (χ4n) is 1.29. The minimum absolute atomic E-state index is 0.0835. The van der Waals surface area contributed by atoms with Crippen molar-refractivity contribution >= 4 is 33.2 Å². The van der Waals surface area contributed by atoms with E-state index in [1.807, 2.05) is 0 Å². The lowest BCUT2D eigenvalue weighted by Crippen LogP contribution is -2.27. The minimum atomic E-state index is -3.52. The van der Waals surface area contributed by atoms with Gasteiger partial charge in [0.15, 0.2) is 0 Å². The van der Waals surface area contributed by atoms with E-state index in [4.69, 9.17) is 23.2 Å². The van der Waals surface area contributed by atoms with Crippen LogP contribution in [0.1, 0.15) is 27.2 Å². The first-order valence-electron chi connectivity index (χ1n) is 5.56. The Hall–Kier alpha value is -0.290. The lowest BCUT2D eigenvalue weighted by molar-refractivity contribution is 0.378. The average Bonchev–Trinajstić information content (AvgIpc) is 2.19. The van der Waals surface area contributed by atoms with Crippen LogP contribution in [0.4, 0.5) is 0 Å². The Morgan fingerprint density at radius 1 is 1.17 bits per heavy atom. The Bertz CT molecular complexity index is 521. The van der Waals surface area contributed by atoms with E-state index in [0.717, 1.165) is 6.42 Å². The van der Waals surface area contributed by atoms with Crippen LogP contribution in [0.15, 0.2) is 23.1 Å². The van der Waals surface area contributed by atoms with Crippen molar-refractivity contribution in [2.75, 3.05) is 6.54 Å². The molecule has 18 heavy (non-hydrogen) atoms. The standard InChI is InChI=1S/C12H17Cl2NO2S/c1-12(2,3)6-7-15-18(16,17)9-4-5-10(13)11(14)8-9/h4-5,8,15H,6-7H2,1-3H3. The molecule has 0 atom stereocenters. The van der Waals surface area contributed by atoms with Crippen LogP contribution in [0.5, 0.6) is 0 Å². The molecule has 0 aliphatic rings. The number of benzene rings is 1. The van der Waals surface area contributed by atoms with E-state index in [0.29, 0.717) is 11.6 Å². The second kappa shape index (κ2) is 5.78. The van der Waals surface area contributed by atoms with Gasteiger partial charge >= 0.3 is 0 Å². The number of rotatable bonds is 4. The Morgan fingerprint density at radius 2 is 1.78 bits per heavy atom. The van der Waals surface area contributed by atoms with Crippen LogP contribution in [0, 0.1) is 5.41 Å². The predicted octanol–water partition coefficient (Wildman–Crippen LogP) is 3.71. The first kappa shape index (κ1) is 15.8. The third kappa shape index (κ3) is 4.76. The van der Waals surface area contributed by atoms with Crippen LogP contribution in [-0.4, -0.2) is 15.0 Å². The molecule has 1 rings (SSSR count). The molecule has 0 aliphatic carbocycles. The summed E-state index contributed by atoms with van der Waals surface area (Å²) in [6.07, 6.45) is 0.757. The van der Waals surface area contributed by atoms with Gasteiger partial charge in [-0.15, -0.1) is 0 Å². The van der Waals surface area contributed by atoms with Gasteiger partial charge in [-0.3, -0.25) is 0 Å². The lowest BCUT2D eigenvalue weighted by atomic mass is 9.93. The molecule has 6 heteroatoms. The minimum Gasteiger partial charge on any atom is -0.211 e. The number of hydrogen-bond donors (Lipinski definition) is 1. The maximum Gasteiger partial charge on any atom is 0.240 e. The second-order valence-electron chi connectivity index (χ2n) is 5.28. The van der Waals surface area contributed by atoms with Gasteiger partial charge in [-0.2, -0.15) is 0 Å². The molecule has 0 heterocycles. The molecule has 3 nitrogen and oxygen atoms in total. The third-order valence-corrected chi connectivity index (χ3v) is 4.57. The normalized spacial score (nSPS) is 12.7. The highest BCUT2D eigenvalue weighted by molar-refractivity contribution is 7.89. The highest BCUT2D eigenvalue weighted by Gasteiger charge is 2.17. The quantitative estimate of drug-likeness (QED) is 0.921. The van der Waals surface area contributed by atoms with Crippen LogP contribution < -0.4 is 4.72 Å². The summed E-state index contributed by atoms with van der Waals surface area (Å²) in [4.78, 5) is 0.130. The summed E-state index contributed by atoms with van der Waals surface area (Å²) in [6, 6.07) is 4.26. The molecule has 0 radical (unpaired) electrons. The fourth-order valence-corrected chi connectivity index (χ4v) is 2.71. The van der Waals surface area contributed by atoms with E-state index in [1.165, 1.54) is 18.2 Å². The SMILES string of the molecule is CC(C)(C)CCNS(=O)(=O)c1ccc(Cl)c(Cl)c1. The van der Waals surface area contributed by atoms with Crippen molar-refractivity contribution in [1.82, 2.24) is 4.72 Å². The smallest absolute Gasteiger partial charge is 0.211 e. The molecule has 0 aliphatic heterocycles. The molecular weight excluding hydrogens is 293 g/mol. The molecule has 0 unspecified atom stereocenters. The summed E-state index contributed by atoms with van der Waals surface area (Å²) in [5.41, 5.74) is 0.0835. The molecule has 0 aromatic heterocycles. The van der Waals surface area contributed by atoms with Gasteiger partial charge in [0, 0.05) is 6.54 Å². The highest BCUT2D eigenvalue weighted by atomic mass is 35.5. The lowest BCUT2D eigenvalue weighted by Gasteiger charge is -2.18. The van der Waals surface area contributed by atoms with Gasteiger partial charge in [0.05, 0.1) is 14.9 Å². The number of hydrogen-bond acceptors (Lipinski definition) is 2. The number of nitrogens with one attached hydrogen (secondary N) is 1. The molecule has 0 amide bonds. The van der Waals surface area contributed by atoms with Crippen molar-refractivity contribution < 1.29 is 8.42 Å². The van der Waals surface area contributed by atoms with E-state index in [9.17, 15) is 8.42 Å². The van der Waals surface area contributed by atoms with Crippen LogP contribution in [0.3, 0.4) is 0 Å². The predicted molar refractivity (Wildman–Crippen MR) is 75.7 cm³/mol. The number of halogens is 2. The summed E-state index contributed by atoms with van der Waals surface area (Å²) < 4.78 is 26.5. The molecule has 1 aromatic carbocycles. The summed E-state index contributed by atoms with van der Waals surface area (Å²) in [7, 11) is -3.52. The van der Waals surface area contributed by atoms with Crippen molar-refractivity contribution in [3.05, 3.63) is 28.2 Å². The summed E-state index contributed by atoms with van der Waals surface area (Å²) in [5, 5.41) is 0.570.